The summed E-state index contributed by atoms with van der Waals surface area (Å²) in [6, 6.07) is 0. The van der Waals surface area contributed by atoms with Gasteiger partial charge in [0.2, 0.25) is 0 Å². The van der Waals surface area contributed by atoms with Gasteiger partial charge in [0.1, 0.15) is 0 Å². The van der Waals surface area contributed by atoms with E-state index >= 15 is 0 Å². The first kappa shape index (κ1) is 9.93. The van der Waals surface area contributed by atoms with Crippen molar-refractivity contribution in [2.24, 2.45) is 5.41 Å². The molecule has 0 aliphatic carbocycles. The summed E-state index contributed by atoms with van der Waals surface area (Å²) in [4.78, 5) is 0. The summed E-state index contributed by atoms with van der Waals surface area (Å²) in [6.07, 6.45) is 3.98. The van der Waals surface area contributed by atoms with E-state index in [4.69, 9.17) is 0 Å². The molecule has 0 aromatic carbocycles. The first-order chi connectivity index (χ1) is 4.52. The second kappa shape index (κ2) is 3.95. The predicted octanol–water partition coefficient (Wildman–Crippen LogP) is 2.49. The molecule has 0 aliphatic heterocycles. The molecule has 0 N–H and O–H groups in total. The fourth-order valence-electron chi connectivity index (χ4n) is 0.705. The molecule has 55 valence electrons. The van der Waals surface area contributed by atoms with Gasteiger partial charge in [-0.15, -0.1) is 0 Å². The van der Waals surface area contributed by atoms with Crippen LogP contribution in [0.1, 0.15) is 20.8 Å². The van der Waals surface area contributed by atoms with Crippen LogP contribution in [0.4, 0.5) is 0 Å². The van der Waals surface area contributed by atoms with E-state index < -0.39 is 0 Å². The molecule has 0 heterocycles. The molecule has 0 aliphatic rings. The first-order valence-corrected chi connectivity index (χ1v) is 4.13. The molecule has 1 heteroatoms. The van der Waals surface area contributed by atoms with E-state index in [0.29, 0.717) is 0 Å². The number of allylic oxidation sites excluding steroid dienone is 3. The van der Waals surface area contributed by atoms with Crippen molar-refractivity contribution in [3.63, 3.8) is 0 Å². The standard InChI is InChI=1S/C9H14.V/c1-6-8(7-2)9(3,4)5;/h1,6-7H,2H2,3-5H3;/b8-6+;. The Morgan fingerprint density at radius 3 is 2.00 bits per heavy atom. The van der Waals surface area contributed by atoms with Gasteiger partial charge in [-0.25, -0.2) is 0 Å². The van der Waals surface area contributed by atoms with Crippen molar-refractivity contribution in [1.82, 2.24) is 0 Å². The van der Waals surface area contributed by atoms with Crippen LogP contribution in [0.25, 0.3) is 0 Å². The molecule has 0 bridgehead atoms. The van der Waals surface area contributed by atoms with Gasteiger partial charge in [-0.1, -0.05) is 0 Å². The molecule has 0 spiro atoms. The Morgan fingerprint density at radius 1 is 1.40 bits per heavy atom. The van der Waals surface area contributed by atoms with Gasteiger partial charge in [0.25, 0.3) is 0 Å². The van der Waals surface area contributed by atoms with Crippen molar-refractivity contribution in [2.75, 3.05) is 0 Å². The van der Waals surface area contributed by atoms with E-state index in [1.807, 2.05) is 10.8 Å². The van der Waals surface area contributed by atoms with E-state index in [9.17, 15) is 0 Å². The quantitative estimate of drug-likeness (QED) is 0.563. The molecule has 0 amide bonds. The van der Waals surface area contributed by atoms with Crippen LogP contribution in [0.3, 0.4) is 0 Å². The van der Waals surface area contributed by atoms with E-state index in [2.05, 4.69) is 50.4 Å². The monoisotopic (exact) mass is 173 g/mol. The van der Waals surface area contributed by atoms with Gasteiger partial charge in [0.15, 0.2) is 0 Å². The molecule has 0 unspecified atom stereocenters. The molecule has 0 atom stereocenters. The summed E-state index contributed by atoms with van der Waals surface area (Å²) >= 11 is 2.43. The second-order valence-electron chi connectivity index (χ2n) is 3.23. The summed E-state index contributed by atoms with van der Waals surface area (Å²) in [7, 11) is 0. The van der Waals surface area contributed by atoms with Crippen molar-refractivity contribution >= 4 is 4.73 Å². The van der Waals surface area contributed by atoms with Gasteiger partial charge in [-0.2, -0.15) is 0 Å². The Bertz CT molecular complexity index is 158. The van der Waals surface area contributed by atoms with Crippen molar-refractivity contribution in [3.8, 4) is 0 Å². The van der Waals surface area contributed by atoms with Crippen LogP contribution in [-0.2, 0) is 17.0 Å². The van der Waals surface area contributed by atoms with Crippen molar-refractivity contribution < 1.29 is 17.0 Å². The zero-order valence-corrected chi connectivity index (χ0v) is 8.28. The molecule has 0 fully saturated rings. The Balaban J connectivity index is 4.51. The molecule has 0 rings (SSSR count). The maximum atomic E-state index is 3.75. The Hall–Kier alpha value is -0.0656. The molecule has 0 aromatic heterocycles. The number of rotatable bonds is 2. The van der Waals surface area contributed by atoms with Crippen LogP contribution in [0.5, 0.6) is 0 Å². The third kappa shape index (κ3) is 3.19. The van der Waals surface area contributed by atoms with Crippen LogP contribution in [0.2, 0.25) is 0 Å². The Kier molecular flexibility index (Phi) is 3.92. The second-order valence-corrected chi connectivity index (χ2v) is 3.69. The SMILES string of the molecule is C=C/C(=C\[CH]=[V])C(C)(C)C. The minimum atomic E-state index is 0.220. The third-order valence-electron chi connectivity index (χ3n) is 1.34. The average Bonchev–Trinajstić information content (AvgIpc) is 1.80. The van der Waals surface area contributed by atoms with E-state index in [1.165, 1.54) is 5.57 Å². The van der Waals surface area contributed by atoms with E-state index in [1.54, 1.807) is 0 Å². The zero-order valence-electron chi connectivity index (χ0n) is 6.89. The van der Waals surface area contributed by atoms with E-state index in [-0.39, 0.29) is 5.41 Å². The summed E-state index contributed by atoms with van der Waals surface area (Å²) < 4.78 is 1.98. The van der Waals surface area contributed by atoms with Gasteiger partial charge in [0, 0.05) is 0 Å². The third-order valence-corrected chi connectivity index (χ3v) is 1.57. The van der Waals surface area contributed by atoms with Crippen molar-refractivity contribution in [3.05, 3.63) is 24.3 Å². The van der Waals surface area contributed by atoms with Crippen LogP contribution in [0.15, 0.2) is 24.3 Å². The molecule has 0 radical (unpaired) electrons. The van der Waals surface area contributed by atoms with Crippen LogP contribution in [-0.4, -0.2) is 4.73 Å². The summed E-state index contributed by atoms with van der Waals surface area (Å²) in [5.74, 6) is 0. The topological polar surface area (TPSA) is 0 Å². The average molecular weight is 173 g/mol. The zero-order chi connectivity index (χ0) is 8.20. The number of hydrogen-bond acceptors (Lipinski definition) is 0. The van der Waals surface area contributed by atoms with Gasteiger partial charge < -0.3 is 0 Å². The van der Waals surface area contributed by atoms with Gasteiger partial charge in [-0.05, 0) is 0 Å². The molecule has 0 nitrogen and oxygen atoms in total. The summed E-state index contributed by atoms with van der Waals surface area (Å²) in [5, 5.41) is 0. The van der Waals surface area contributed by atoms with E-state index in [0.717, 1.165) is 0 Å². The van der Waals surface area contributed by atoms with Crippen molar-refractivity contribution in [1.29, 1.82) is 0 Å². The van der Waals surface area contributed by atoms with Crippen molar-refractivity contribution in [2.45, 2.75) is 20.8 Å². The summed E-state index contributed by atoms with van der Waals surface area (Å²) in [6.45, 7) is 10.3. The van der Waals surface area contributed by atoms with Crippen LogP contribution >= 0.6 is 0 Å². The normalized spacial score (nSPS) is 12.8. The summed E-state index contributed by atoms with van der Waals surface area (Å²) in [5.41, 5.74) is 1.49. The molecular weight excluding hydrogens is 159 g/mol. The molecular formula is C9H14V. The van der Waals surface area contributed by atoms with Crippen LogP contribution < -0.4 is 0 Å². The fraction of sp³-hybridized carbons (Fsp3) is 0.444. The first-order valence-electron chi connectivity index (χ1n) is 3.33. The Morgan fingerprint density at radius 2 is 1.90 bits per heavy atom. The minimum absolute atomic E-state index is 0.220. The molecule has 10 heavy (non-hydrogen) atoms. The van der Waals surface area contributed by atoms with Gasteiger partial charge in [-0.3, -0.25) is 0 Å². The molecule has 0 aromatic rings. The van der Waals surface area contributed by atoms with Gasteiger partial charge >= 0.3 is 72.2 Å². The fourth-order valence-corrected chi connectivity index (χ4v) is 0.955. The predicted molar refractivity (Wildman–Crippen MR) is 43.8 cm³/mol. The van der Waals surface area contributed by atoms with Crippen LogP contribution in [0, 0.1) is 5.41 Å². The molecule has 0 saturated carbocycles. The molecule has 0 saturated heterocycles. The maximum absolute atomic E-state index is 3.75. The Labute approximate surface area is 72.5 Å². The van der Waals surface area contributed by atoms with Gasteiger partial charge in [0.05, 0.1) is 0 Å². The number of hydrogen-bond donors (Lipinski definition) is 0.